The van der Waals surface area contributed by atoms with Crippen LogP contribution in [0.2, 0.25) is 10.0 Å². The van der Waals surface area contributed by atoms with Gasteiger partial charge in [-0.3, -0.25) is 9.78 Å². The van der Waals surface area contributed by atoms with E-state index in [2.05, 4.69) is 25.7 Å². The van der Waals surface area contributed by atoms with E-state index in [0.717, 1.165) is 6.42 Å². The first-order chi connectivity index (χ1) is 11.0. The number of hydrogen-bond donors (Lipinski definition) is 2. The first-order valence-electron chi connectivity index (χ1n) is 6.85. The molecule has 0 amide bonds. The number of anilines is 1. The second-order valence-corrected chi connectivity index (χ2v) is 5.43. The Morgan fingerprint density at radius 1 is 1.35 bits per heavy atom. The molecule has 1 heterocycles. The SMILES string of the molecule is CCCOc1c(Cl)cc(/C=N/Nc2nnc(C)c(=O)[nH]2)cc1Cl. The van der Waals surface area contributed by atoms with Gasteiger partial charge >= 0.3 is 0 Å². The van der Waals surface area contributed by atoms with Crippen LogP contribution >= 0.6 is 23.2 Å². The molecular weight excluding hydrogens is 341 g/mol. The molecule has 0 aliphatic rings. The van der Waals surface area contributed by atoms with Crippen molar-refractivity contribution >= 4 is 35.4 Å². The molecule has 1 aromatic heterocycles. The van der Waals surface area contributed by atoms with Crippen LogP contribution in [0.1, 0.15) is 24.6 Å². The van der Waals surface area contributed by atoms with Gasteiger partial charge in [0.15, 0.2) is 5.75 Å². The average Bonchev–Trinajstić information content (AvgIpc) is 2.50. The average molecular weight is 356 g/mol. The number of aromatic nitrogens is 3. The lowest BCUT2D eigenvalue weighted by molar-refractivity contribution is 0.318. The number of nitrogens with zero attached hydrogens (tertiary/aromatic N) is 3. The van der Waals surface area contributed by atoms with E-state index >= 15 is 0 Å². The van der Waals surface area contributed by atoms with Gasteiger partial charge in [0.05, 0.1) is 22.9 Å². The first-order valence-corrected chi connectivity index (χ1v) is 7.61. The third-order valence-corrected chi connectivity index (χ3v) is 3.28. The van der Waals surface area contributed by atoms with Crippen LogP contribution in [0.3, 0.4) is 0 Å². The predicted molar refractivity (Wildman–Crippen MR) is 90.9 cm³/mol. The number of hydrazone groups is 1. The van der Waals surface area contributed by atoms with Crippen LogP contribution in [0.4, 0.5) is 5.95 Å². The summed E-state index contributed by atoms with van der Waals surface area (Å²) in [6, 6.07) is 3.35. The monoisotopic (exact) mass is 355 g/mol. The minimum Gasteiger partial charge on any atom is -0.490 e. The molecule has 2 N–H and O–H groups in total. The highest BCUT2D eigenvalue weighted by atomic mass is 35.5. The molecule has 0 aliphatic carbocycles. The third kappa shape index (κ3) is 4.67. The summed E-state index contributed by atoms with van der Waals surface area (Å²) in [5.74, 6) is 0.589. The number of aryl methyl sites for hydroxylation is 1. The molecule has 0 atom stereocenters. The lowest BCUT2D eigenvalue weighted by Gasteiger charge is -2.09. The van der Waals surface area contributed by atoms with Gasteiger partial charge in [-0.25, -0.2) is 5.43 Å². The van der Waals surface area contributed by atoms with E-state index in [9.17, 15) is 4.79 Å². The fourth-order valence-corrected chi connectivity index (χ4v) is 2.22. The minimum atomic E-state index is -0.332. The van der Waals surface area contributed by atoms with E-state index in [1.54, 1.807) is 19.1 Å². The lowest BCUT2D eigenvalue weighted by atomic mass is 10.2. The summed E-state index contributed by atoms with van der Waals surface area (Å²) in [6.07, 6.45) is 2.34. The van der Waals surface area contributed by atoms with Crippen molar-refractivity contribution in [3.05, 3.63) is 43.8 Å². The standard InChI is InChI=1S/C14H15Cl2N5O2/c1-3-4-23-12-10(15)5-9(6-11(12)16)7-17-20-14-18-13(22)8(2)19-21-14/h5-7H,3-4H2,1-2H3,(H2,18,20,21,22)/b17-7+. The van der Waals surface area contributed by atoms with Crippen molar-refractivity contribution in [2.24, 2.45) is 5.10 Å². The number of rotatable bonds is 6. The molecule has 0 aliphatic heterocycles. The molecule has 7 nitrogen and oxygen atoms in total. The number of H-pyrrole nitrogens is 1. The molecule has 0 unspecified atom stereocenters. The number of nitrogens with one attached hydrogen (secondary N) is 2. The van der Waals surface area contributed by atoms with Crippen LogP contribution in [0.15, 0.2) is 22.0 Å². The first kappa shape index (κ1) is 17.2. The molecular formula is C14H15Cl2N5O2. The maximum atomic E-state index is 11.4. The Morgan fingerprint density at radius 2 is 2.04 bits per heavy atom. The summed E-state index contributed by atoms with van der Waals surface area (Å²) in [4.78, 5) is 13.9. The van der Waals surface area contributed by atoms with Crippen molar-refractivity contribution in [2.45, 2.75) is 20.3 Å². The fraction of sp³-hybridized carbons (Fsp3) is 0.286. The predicted octanol–water partition coefficient (Wildman–Crippen LogP) is 3.01. The molecule has 0 bridgehead atoms. The molecule has 122 valence electrons. The molecule has 9 heteroatoms. The van der Waals surface area contributed by atoms with Crippen molar-refractivity contribution in [3.63, 3.8) is 0 Å². The highest BCUT2D eigenvalue weighted by Gasteiger charge is 2.08. The van der Waals surface area contributed by atoms with Crippen molar-refractivity contribution in [2.75, 3.05) is 12.0 Å². The van der Waals surface area contributed by atoms with Gasteiger partial charge in [0.1, 0.15) is 5.69 Å². The maximum Gasteiger partial charge on any atom is 0.274 e. The molecule has 0 radical (unpaired) electrons. The van der Waals surface area contributed by atoms with Gasteiger partial charge in [0, 0.05) is 0 Å². The largest absolute Gasteiger partial charge is 0.490 e. The van der Waals surface area contributed by atoms with Crippen molar-refractivity contribution in [3.8, 4) is 5.75 Å². The van der Waals surface area contributed by atoms with Crippen molar-refractivity contribution in [1.82, 2.24) is 15.2 Å². The van der Waals surface area contributed by atoms with E-state index in [-0.39, 0.29) is 17.2 Å². The van der Waals surface area contributed by atoms with Crippen molar-refractivity contribution < 1.29 is 4.74 Å². The topological polar surface area (TPSA) is 92.3 Å². The maximum absolute atomic E-state index is 11.4. The Labute approximate surface area is 142 Å². The molecule has 0 spiro atoms. The van der Waals surface area contributed by atoms with E-state index < -0.39 is 0 Å². The number of ether oxygens (including phenoxy) is 1. The van der Waals surface area contributed by atoms with Crippen LogP contribution in [0.5, 0.6) is 5.75 Å². The Hall–Kier alpha value is -2.12. The number of benzene rings is 1. The number of hydrogen-bond acceptors (Lipinski definition) is 6. The molecule has 23 heavy (non-hydrogen) atoms. The zero-order valence-electron chi connectivity index (χ0n) is 12.6. The number of halogens is 2. The van der Waals surface area contributed by atoms with Gasteiger partial charge in [-0.05, 0) is 31.0 Å². The van der Waals surface area contributed by atoms with Gasteiger partial charge < -0.3 is 4.74 Å². The fourth-order valence-electron chi connectivity index (χ4n) is 1.61. The molecule has 0 saturated carbocycles. The summed E-state index contributed by atoms with van der Waals surface area (Å²) in [6.45, 7) is 4.09. The smallest absolute Gasteiger partial charge is 0.274 e. The Bertz CT molecular complexity index is 753. The molecule has 0 fully saturated rings. The molecule has 1 aromatic carbocycles. The zero-order valence-corrected chi connectivity index (χ0v) is 14.1. The minimum absolute atomic E-state index is 0.136. The van der Waals surface area contributed by atoms with Gasteiger partial charge in [-0.2, -0.15) is 5.10 Å². The van der Waals surface area contributed by atoms with Gasteiger partial charge in [-0.1, -0.05) is 30.1 Å². The van der Waals surface area contributed by atoms with Crippen LogP contribution < -0.4 is 15.7 Å². The highest BCUT2D eigenvalue weighted by molar-refractivity contribution is 6.37. The van der Waals surface area contributed by atoms with E-state index in [4.69, 9.17) is 27.9 Å². The summed E-state index contributed by atoms with van der Waals surface area (Å²) in [7, 11) is 0. The summed E-state index contributed by atoms with van der Waals surface area (Å²) in [5, 5.41) is 12.2. The van der Waals surface area contributed by atoms with E-state index in [1.807, 2.05) is 6.92 Å². The van der Waals surface area contributed by atoms with Crippen LogP contribution in [0.25, 0.3) is 0 Å². The van der Waals surface area contributed by atoms with Gasteiger partial charge in [-0.15, -0.1) is 10.2 Å². The summed E-state index contributed by atoms with van der Waals surface area (Å²) < 4.78 is 5.49. The summed E-state index contributed by atoms with van der Waals surface area (Å²) >= 11 is 12.3. The molecule has 0 saturated heterocycles. The van der Waals surface area contributed by atoms with Crippen LogP contribution in [0, 0.1) is 6.92 Å². The van der Waals surface area contributed by atoms with E-state index in [0.29, 0.717) is 28.0 Å². The lowest BCUT2D eigenvalue weighted by Crippen LogP contribution is -2.15. The highest BCUT2D eigenvalue weighted by Crippen LogP contribution is 2.33. The number of aromatic amines is 1. The zero-order chi connectivity index (χ0) is 16.8. The van der Waals surface area contributed by atoms with Gasteiger partial charge in [0.2, 0.25) is 5.95 Å². The van der Waals surface area contributed by atoms with Crippen molar-refractivity contribution in [1.29, 1.82) is 0 Å². The van der Waals surface area contributed by atoms with Gasteiger partial charge in [0.25, 0.3) is 5.56 Å². The quantitative estimate of drug-likeness (QED) is 0.613. The summed E-state index contributed by atoms with van der Waals surface area (Å²) in [5.41, 5.74) is 3.18. The van der Waals surface area contributed by atoms with E-state index in [1.165, 1.54) is 6.21 Å². The van der Waals surface area contributed by atoms with Crippen LogP contribution in [-0.4, -0.2) is 28.0 Å². The Morgan fingerprint density at radius 3 is 2.65 bits per heavy atom. The molecule has 2 aromatic rings. The Balaban J connectivity index is 2.10. The second-order valence-electron chi connectivity index (χ2n) is 4.62. The Kier molecular flexibility index (Phi) is 5.95. The van der Waals surface area contributed by atoms with Crippen LogP contribution in [-0.2, 0) is 0 Å². The molecule has 2 rings (SSSR count). The third-order valence-electron chi connectivity index (χ3n) is 2.72. The second kappa shape index (κ2) is 7.94. The normalized spacial score (nSPS) is 11.0.